The van der Waals surface area contributed by atoms with E-state index in [0.29, 0.717) is 24.0 Å². The summed E-state index contributed by atoms with van der Waals surface area (Å²) in [4.78, 5) is 12.7. The van der Waals surface area contributed by atoms with Crippen LogP contribution in [0.2, 0.25) is 0 Å². The van der Waals surface area contributed by atoms with Crippen molar-refractivity contribution in [3.05, 3.63) is 66.6 Å². The summed E-state index contributed by atoms with van der Waals surface area (Å²) in [6, 6.07) is 17.2. The number of nitrogens with zero attached hydrogens (tertiary/aromatic N) is 4. The molecule has 1 aliphatic rings. The number of nitrogen functional groups attached to an aromatic ring is 1. The third-order valence-corrected chi connectivity index (χ3v) is 4.43. The molecule has 3 heterocycles. The molecule has 3 N–H and O–H groups in total. The first-order chi connectivity index (χ1) is 13.8. The molecule has 1 atom stereocenters. The van der Waals surface area contributed by atoms with Crippen LogP contribution in [0.5, 0.6) is 11.5 Å². The van der Waals surface area contributed by atoms with Crippen LogP contribution in [0.4, 0.5) is 5.95 Å². The normalized spacial score (nSPS) is 15.4. The van der Waals surface area contributed by atoms with Gasteiger partial charge in [0.2, 0.25) is 5.95 Å². The molecule has 5 rings (SSSR count). The highest BCUT2D eigenvalue weighted by atomic mass is 16.6. The lowest BCUT2D eigenvalue weighted by Crippen LogP contribution is -2.22. The van der Waals surface area contributed by atoms with E-state index in [9.17, 15) is 0 Å². The monoisotopic (exact) mass is 372 g/mol. The third kappa shape index (κ3) is 3.01. The second-order valence-electron chi connectivity index (χ2n) is 6.29. The number of nitrogens with two attached hydrogens (primary N) is 1. The van der Waals surface area contributed by atoms with E-state index >= 15 is 0 Å². The summed E-state index contributed by atoms with van der Waals surface area (Å²) in [6.45, 7) is 0.375. The minimum atomic E-state index is -0.334. The maximum atomic E-state index is 5.97. The minimum Gasteiger partial charge on any atom is -0.485 e. The first kappa shape index (κ1) is 16.2. The number of anilines is 1. The zero-order chi connectivity index (χ0) is 18.9. The average molecular weight is 372 g/mol. The molecular weight excluding hydrogens is 356 g/mol. The number of rotatable bonds is 3. The van der Waals surface area contributed by atoms with Crippen molar-refractivity contribution in [1.29, 1.82) is 0 Å². The molecule has 2 aromatic heterocycles. The van der Waals surface area contributed by atoms with Gasteiger partial charge in [-0.2, -0.15) is 5.10 Å². The summed E-state index contributed by atoms with van der Waals surface area (Å²) in [6.07, 6.45) is 1.30. The van der Waals surface area contributed by atoms with Crippen molar-refractivity contribution >= 4 is 5.95 Å². The highest BCUT2D eigenvalue weighted by molar-refractivity contribution is 5.65. The fourth-order valence-electron chi connectivity index (χ4n) is 3.03. The molecule has 2 aromatic carbocycles. The van der Waals surface area contributed by atoms with Crippen LogP contribution >= 0.6 is 0 Å². The van der Waals surface area contributed by atoms with Gasteiger partial charge >= 0.3 is 0 Å². The Morgan fingerprint density at radius 3 is 2.54 bits per heavy atom. The van der Waals surface area contributed by atoms with Crippen LogP contribution in [0.3, 0.4) is 0 Å². The fourth-order valence-corrected chi connectivity index (χ4v) is 3.03. The Balaban J connectivity index is 1.36. The molecule has 8 nitrogen and oxygen atoms in total. The highest BCUT2D eigenvalue weighted by Gasteiger charge is 2.25. The van der Waals surface area contributed by atoms with Crippen molar-refractivity contribution < 1.29 is 9.47 Å². The molecule has 0 spiro atoms. The molecule has 0 saturated carbocycles. The molecular formula is C20H16N6O2. The van der Waals surface area contributed by atoms with Crippen LogP contribution in [0, 0.1) is 0 Å². The third-order valence-electron chi connectivity index (χ3n) is 4.43. The van der Waals surface area contributed by atoms with Crippen LogP contribution in [0.15, 0.2) is 60.8 Å². The number of benzene rings is 2. The molecule has 1 unspecified atom stereocenters. The SMILES string of the molecule is Nc1nccc(-c2ccc(-c3n[nH]c(C4COc5ccccc5O4)n3)cc2)n1. The van der Waals surface area contributed by atoms with Crippen LogP contribution in [0.1, 0.15) is 11.9 Å². The van der Waals surface area contributed by atoms with Gasteiger partial charge in [-0.3, -0.25) is 5.10 Å². The molecule has 28 heavy (non-hydrogen) atoms. The number of aromatic nitrogens is 5. The summed E-state index contributed by atoms with van der Waals surface area (Å²) < 4.78 is 11.7. The van der Waals surface area contributed by atoms with Gasteiger partial charge in [0.15, 0.2) is 29.3 Å². The van der Waals surface area contributed by atoms with Gasteiger partial charge in [0.05, 0.1) is 5.69 Å². The topological polar surface area (TPSA) is 112 Å². The van der Waals surface area contributed by atoms with E-state index in [1.807, 2.05) is 54.6 Å². The van der Waals surface area contributed by atoms with Crippen molar-refractivity contribution in [1.82, 2.24) is 25.1 Å². The molecule has 0 radical (unpaired) electrons. The van der Waals surface area contributed by atoms with Crippen molar-refractivity contribution in [3.8, 4) is 34.1 Å². The smallest absolute Gasteiger partial charge is 0.220 e. The fraction of sp³-hybridized carbons (Fsp3) is 0.100. The first-order valence-corrected chi connectivity index (χ1v) is 8.76. The number of para-hydroxylation sites is 2. The lowest BCUT2D eigenvalue weighted by molar-refractivity contribution is 0.0853. The van der Waals surface area contributed by atoms with Gasteiger partial charge in [-0.05, 0) is 18.2 Å². The number of nitrogens with one attached hydrogen (secondary N) is 1. The molecule has 0 bridgehead atoms. The van der Waals surface area contributed by atoms with E-state index in [1.54, 1.807) is 6.20 Å². The molecule has 0 amide bonds. The van der Waals surface area contributed by atoms with E-state index in [4.69, 9.17) is 15.2 Å². The molecule has 4 aromatic rings. The zero-order valence-electron chi connectivity index (χ0n) is 14.7. The van der Waals surface area contributed by atoms with E-state index in [0.717, 1.165) is 22.6 Å². The van der Waals surface area contributed by atoms with Gasteiger partial charge in [0, 0.05) is 17.3 Å². The second-order valence-corrected chi connectivity index (χ2v) is 6.29. The average Bonchev–Trinajstić information content (AvgIpc) is 3.24. The van der Waals surface area contributed by atoms with Gasteiger partial charge in [0.25, 0.3) is 0 Å². The van der Waals surface area contributed by atoms with Gasteiger partial charge in [-0.25, -0.2) is 15.0 Å². The summed E-state index contributed by atoms with van der Waals surface area (Å²) in [7, 11) is 0. The Morgan fingerprint density at radius 2 is 1.71 bits per heavy atom. The molecule has 138 valence electrons. The standard InChI is InChI=1S/C20H16N6O2/c21-20-22-10-9-14(23-20)12-5-7-13(8-6-12)18-24-19(26-25-18)17-11-27-15-3-1-2-4-16(15)28-17/h1-10,17H,11H2,(H2,21,22,23)(H,24,25,26). The van der Waals surface area contributed by atoms with Crippen LogP contribution < -0.4 is 15.2 Å². The number of H-pyrrole nitrogens is 1. The Hall–Kier alpha value is -3.94. The predicted molar refractivity (Wildman–Crippen MR) is 103 cm³/mol. The number of aromatic amines is 1. The maximum Gasteiger partial charge on any atom is 0.220 e. The van der Waals surface area contributed by atoms with E-state index < -0.39 is 0 Å². The van der Waals surface area contributed by atoms with Gasteiger partial charge in [-0.15, -0.1) is 0 Å². The molecule has 0 saturated heterocycles. The van der Waals surface area contributed by atoms with Crippen molar-refractivity contribution in [2.24, 2.45) is 0 Å². The molecule has 0 aliphatic carbocycles. The number of hydrogen-bond donors (Lipinski definition) is 2. The van der Waals surface area contributed by atoms with E-state index in [2.05, 4.69) is 25.1 Å². The Bertz CT molecular complexity index is 1130. The van der Waals surface area contributed by atoms with E-state index in [1.165, 1.54) is 0 Å². The number of ether oxygens (including phenoxy) is 2. The number of fused-ring (bicyclic) bond motifs is 1. The largest absolute Gasteiger partial charge is 0.485 e. The lowest BCUT2D eigenvalue weighted by Gasteiger charge is -2.24. The summed E-state index contributed by atoms with van der Waals surface area (Å²) in [5, 5.41) is 7.27. The molecule has 1 aliphatic heterocycles. The summed E-state index contributed by atoms with van der Waals surface area (Å²) in [5.74, 6) is 2.89. The predicted octanol–water partition coefficient (Wildman–Crippen LogP) is 3.02. The second kappa shape index (κ2) is 6.66. The Kier molecular flexibility index (Phi) is 3.86. The quantitative estimate of drug-likeness (QED) is 0.568. The first-order valence-electron chi connectivity index (χ1n) is 8.76. The van der Waals surface area contributed by atoms with E-state index in [-0.39, 0.29) is 12.1 Å². The highest BCUT2D eigenvalue weighted by Crippen LogP contribution is 2.35. The van der Waals surface area contributed by atoms with Crippen molar-refractivity contribution in [2.75, 3.05) is 12.3 Å². The molecule has 0 fully saturated rings. The van der Waals surface area contributed by atoms with Crippen LogP contribution in [-0.4, -0.2) is 31.8 Å². The van der Waals surface area contributed by atoms with Gasteiger partial charge in [-0.1, -0.05) is 36.4 Å². The maximum absolute atomic E-state index is 5.97. The summed E-state index contributed by atoms with van der Waals surface area (Å²) >= 11 is 0. The zero-order valence-corrected chi connectivity index (χ0v) is 14.7. The van der Waals surface area contributed by atoms with Gasteiger partial charge < -0.3 is 15.2 Å². The van der Waals surface area contributed by atoms with Gasteiger partial charge in [0.1, 0.15) is 6.61 Å². The van der Waals surface area contributed by atoms with Crippen molar-refractivity contribution in [3.63, 3.8) is 0 Å². The van der Waals surface area contributed by atoms with Crippen LogP contribution in [0.25, 0.3) is 22.6 Å². The molecule has 8 heteroatoms. The van der Waals surface area contributed by atoms with Crippen molar-refractivity contribution in [2.45, 2.75) is 6.10 Å². The van der Waals surface area contributed by atoms with Crippen LogP contribution in [-0.2, 0) is 0 Å². The lowest BCUT2D eigenvalue weighted by atomic mass is 10.1. The minimum absolute atomic E-state index is 0.247. The Morgan fingerprint density at radius 1 is 0.929 bits per heavy atom. The summed E-state index contributed by atoms with van der Waals surface area (Å²) in [5.41, 5.74) is 8.24. The number of hydrogen-bond acceptors (Lipinski definition) is 7. The Labute approximate surface area is 160 Å².